The molecule has 1 N–H and O–H groups in total. The standard InChI is InChI=1S/C20H23BrN2O4S/c1-14(2)16-5-3-4-6-18(16)22-20(24)15-7-8-17(21)19(13-15)28(25,26)23-9-11-27-12-10-23/h3-8,13-14H,9-12H2,1-2H3,(H,22,24). The van der Waals surface area contributed by atoms with Gasteiger partial charge in [-0.15, -0.1) is 0 Å². The largest absolute Gasteiger partial charge is 0.379 e. The molecule has 3 rings (SSSR count). The van der Waals surface area contributed by atoms with Gasteiger partial charge in [-0.2, -0.15) is 4.31 Å². The minimum Gasteiger partial charge on any atom is -0.379 e. The first-order valence-electron chi connectivity index (χ1n) is 9.08. The summed E-state index contributed by atoms with van der Waals surface area (Å²) in [6.45, 7) is 5.43. The fraction of sp³-hybridized carbons (Fsp3) is 0.350. The topological polar surface area (TPSA) is 75.7 Å². The number of hydrogen-bond acceptors (Lipinski definition) is 4. The van der Waals surface area contributed by atoms with Crippen LogP contribution in [0.3, 0.4) is 0 Å². The summed E-state index contributed by atoms with van der Waals surface area (Å²) in [6.07, 6.45) is 0. The smallest absolute Gasteiger partial charge is 0.255 e. The molecule has 0 aromatic heterocycles. The third kappa shape index (κ3) is 4.46. The Morgan fingerprint density at radius 1 is 1.14 bits per heavy atom. The molecule has 0 bridgehead atoms. The molecule has 2 aromatic rings. The van der Waals surface area contributed by atoms with Crippen molar-refractivity contribution >= 4 is 37.5 Å². The number of nitrogens with one attached hydrogen (secondary N) is 1. The lowest BCUT2D eigenvalue weighted by molar-refractivity contribution is 0.0730. The van der Waals surface area contributed by atoms with Crippen molar-refractivity contribution in [2.45, 2.75) is 24.7 Å². The highest BCUT2D eigenvalue weighted by Crippen LogP contribution is 2.28. The molecule has 1 amide bonds. The van der Waals surface area contributed by atoms with E-state index in [1.807, 2.05) is 24.3 Å². The van der Waals surface area contributed by atoms with Gasteiger partial charge in [0.15, 0.2) is 0 Å². The average molecular weight is 467 g/mol. The van der Waals surface area contributed by atoms with E-state index in [0.717, 1.165) is 11.3 Å². The predicted octanol–water partition coefficient (Wildman–Crippen LogP) is 3.85. The highest BCUT2D eigenvalue weighted by atomic mass is 79.9. The maximum absolute atomic E-state index is 13.0. The molecule has 1 aliphatic heterocycles. The Kier molecular flexibility index (Phi) is 6.54. The minimum absolute atomic E-state index is 0.0826. The first kappa shape index (κ1) is 21.0. The number of benzene rings is 2. The summed E-state index contributed by atoms with van der Waals surface area (Å²) < 4.78 is 33.0. The lowest BCUT2D eigenvalue weighted by atomic mass is 10.0. The van der Waals surface area contributed by atoms with E-state index < -0.39 is 10.0 Å². The maximum atomic E-state index is 13.0. The van der Waals surface area contributed by atoms with Gasteiger partial charge >= 0.3 is 0 Å². The van der Waals surface area contributed by atoms with Gasteiger partial charge in [0.1, 0.15) is 0 Å². The lowest BCUT2D eigenvalue weighted by Gasteiger charge is -2.26. The molecule has 1 fully saturated rings. The monoisotopic (exact) mass is 466 g/mol. The van der Waals surface area contributed by atoms with Gasteiger partial charge in [-0.25, -0.2) is 8.42 Å². The van der Waals surface area contributed by atoms with Crippen molar-refractivity contribution in [1.82, 2.24) is 4.31 Å². The number of morpholine rings is 1. The van der Waals surface area contributed by atoms with Crippen molar-refractivity contribution in [2.24, 2.45) is 0 Å². The van der Waals surface area contributed by atoms with Gasteiger partial charge in [0.2, 0.25) is 10.0 Å². The lowest BCUT2D eigenvalue weighted by Crippen LogP contribution is -2.40. The van der Waals surface area contributed by atoms with Crippen LogP contribution in [-0.2, 0) is 14.8 Å². The van der Waals surface area contributed by atoms with Crippen molar-refractivity contribution in [3.05, 3.63) is 58.1 Å². The molecule has 0 atom stereocenters. The molecule has 8 heteroatoms. The number of hydrogen-bond donors (Lipinski definition) is 1. The number of rotatable bonds is 5. The highest BCUT2D eigenvalue weighted by molar-refractivity contribution is 9.10. The van der Waals surface area contributed by atoms with Gasteiger partial charge in [0, 0.05) is 28.8 Å². The van der Waals surface area contributed by atoms with E-state index in [0.29, 0.717) is 30.8 Å². The summed E-state index contributed by atoms with van der Waals surface area (Å²) in [5.74, 6) is -0.0993. The molecular formula is C20H23BrN2O4S. The molecule has 28 heavy (non-hydrogen) atoms. The molecule has 1 saturated heterocycles. The number of sulfonamides is 1. The van der Waals surface area contributed by atoms with E-state index in [1.165, 1.54) is 10.4 Å². The van der Waals surface area contributed by atoms with E-state index in [9.17, 15) is 13.2 Å². The van der Waals surface area contributed by atoms with Crippen LogP contribution in [0.25, 0.3) is 0 Å². The van der Waals surface area contributed by atoms with Gasteiger partial charge in [-0.1, -0.05) is 32.0 Å². The zero-order valence-electron chi connectivity index (χ0n) is 15.8. The van der Waals surface area contributed by atoms with E-state index in [-0.39, 0.29) is 22.3 Å². The number of nitrogens with zero attached hydrogens (tertiary/aromatic N) is 1. The minimum atomic E-state index is -3.72. The van der Waals surface area contributed by atoms with Crippen molar-refractivity contribution < 1.29 is 17.9 Å². The number of carbonyl (C=O) groups excluding carboxylic acids is 1. The third-order valence-corrected chi connectivity index (χ3v) is 7.50. The zero-order valence-corrected chi connectivity index (χ0v) is 18.2. The second-order valence-electron chi connectivity index (χ2n) is 6.86. The van der Waals surface area contributed by atoms with Crippen LogP contribution >= 0.6 is 15.9 Å². The van der Waals surface area contributed by atoms with Crippen LogP contribution in [0.2, 0.25) is 0 Å². The fourth-order valence-corrected chi connectivity index (χ4v) is 5.44. The molecule has 0 radical (unpaired) electrons. The Hall–Kier alpha value is -1.74. The maximum Gasteiger partial charge on any atom is 0.255 e. The van der Waals surface area contributed by atoms with Crippen molar-refractivity contribution in [2.75, 3.05) is 31.6 Å². The van der Waals surface area contributed by atoms with Crippen molar-refractivity contribution in [3.8, 4) is 0 Å². The zero-order chi connectivity index (χ0) is 20.3. The number of para-hydroxylation sites is 1. The first-order chi connectivity index (χ1) is 13.3. The molecule has 1 aliphatic rings. The molecule has 0 aliphatic carbocycles. The molecule has 0 spiro atoms. The number of anilines is 1. The van der Waals surface area contributed by atoms with Gasteiger partial charge in [0.05, 0.1) is 18.1 Å². The van der Waals surface area contributed by atoms with E-state index in [4.69, 9.17) is 4.74 Å². The summed E-state index contributed by atoms with van der Waals surface area (Å²) in [7, 11) is -3.72. The van der Waals surface area contributed by atoms with Gasteiger partial charge in [0.25, 0.3) is 5.91 Å². The van der Waals surface area contributed by atoms with Crippen LogP contribution < -0.4 is 5.32 Å². The van der Waals surface area contributed by atoms with Crippen LogP contribution in [-0.4, -0.2) is 44.9 Å². The van der Waals surface area contributed by atoms with Crippen molar-refractivity contribution in [3.63, 3.8) is 0 Å². The Bertz CT molecular complexity index is 970. The summed E-state index contributed by atoms with van der Waals surface area (Å²) in [4.78, 5) is 12.9. The number of halogens is 1. The Morgan fingerprint density at radius 2 is 1.82 bits per heavy atom. The third-order valence-electron chi connectivity index (χ3n) is 4.61. The summed E-state index contributed by atoms with van der Waals surface area (Å²) in [5, 5.41) is 2.90. The fourth-order valence-electron chi connectivity index (χ4n) is 3.08. The molecular weight excluding hydrogens is 444 g/mol. The SMILES string of the molecule is CC(C)c1ccccc1NC(=O)c1ccc(Br)c(S(=O)(=O)N2CCOCC2)c1. The number of carbonyl (C=O) groups is 1. The molecule has 6 nitrogen and oxygen atoms in total. The van der Waals surface area contributed by atoms with Crippen LogP contribution in [0.15, 0.2) is 51.8 Å². The van der Waals surface area contributed by atoms with Crippen LogP contribution in [0, 0.1) is 0 Å². The average Bonchev–Trinajstić information content (AvgIpc) is 2.69. The molecule has 2 aromatic carbocycles. The Labute approximate surface area is 174 Å². The van der Waals surface area contributed by atoms with Crippen molar-refractivity contribution in [1.29, 1.82) is 0 Å². The molecule has 0 unspecified atom stereocenters. The second-order valence-corrected chi connectivity index (χ2v) is 9.62. The van der Waals surface area contributed by atoms with Gasteiger partial charge < -0.3 is 10.1 Å². The molecule has 1 heterocycles. The molecule has 150 valence electrons. The van der Waals surface area contributed by atoms with E-state index in [2.05, 4.69) is 35.1 Å². The number of amides is 1. The predicted molar refractivity (Wildman–Crippen MR) is 112 cm³/mol. The van der Waals surface area contributed by atoms with E-state index in [1.54, 1.807) is 12.1 Å². The van der Waals surface area contributed by atoms with Gasteiger partial charge in [-0.05, 0) is 51.7 Å². The highest BCUT2D eigenvalue weighted by Gasteiger charge is 2.29. The van der Waals surface area contributed by atoms with Crippen LogP contribution in [0.4, 0.5) is 5.69 Å². The summed E-state index contributed by atoms with van der Waals surface area (Å²) in [5.41, 5.74) is 2.03. The number of ether oxygens (including phenoxy) is 1. The van der Waals surface area contributed by atoms with E-state index >= 15 is 0 Å². The normalized spacial score (nSPS) is 15.6. The summed E-state index contributed by atoms with van der Waals surface area (Å²) in [6, 6.07) is 12.2. The Balaban J connectivity index is 1.90. The quantitative estimate of drug-likeness (QED) is 0.725. The Morgan fingerprint density at radius 3 is 2.50 bits per heavy atom. The van der Waals surface area contributed by atoms with Gasteiger partial charge in [-0.3, -0.25) is 4.79 Å². The summed E-state index contributed by atoms with van der Waals surface area (Å²) >= 11 is 3.31. The second kappa shape index (κ2) is 8.73. The van der Waals surface area contributed by atoms with Crippen LogP contribution in [0.5, 0.6) is 0 Å². The van der Waals surface area contributed by atoms with Crippen LogP contribution in [0.1, 0.15) is 35.7 Å². The molecule has 0 saturated carbocycles. The first-order valence-corrected chi connectivity index (χ1v) is 11.3.